The van der Waals surface area contributed by atoms with Gasteiger partial charge >= 0.3 is 5.69 Å². The van der Waals surface area contributed by atoms with Crippen LogP contribution in [-0.4, -0.2) is 16.3 Å². The van der Waals surface area contributed by atoms with Crippen molar-refractivity contribution in [3.05, 3.63) is 50.8 Å². The van der Waals surface area contributed by atoms with E-state index in [1.54, 1.807) is 24.3 Å². The van der Waals surface area contributed by atoms with Crippen LogP contribution in [0, 0.1) is 11.3 Å². The molecule has 1 aromatic heterocycles. The van der Waals surface area contributed by atoms with Crippen molar-refractivity contribution in [3.63, 3.8) is 0 Å². The molecule has 0 unspecified atom stereocenters. The van der Waals surface area contributed by atoms with E-state index >= 15 is 0 Å². The second-order valence-electron chi connectivity index (χ2n) is 3.82. The highest BCUT2D eigenvalue weighted by molar-refractivity contribution is 5.50. The molecule has 0 radical (unpaired) electrons. The molecule has 94 valence electrons. The summed E-state index contributed by atoms with van der Waals surface area (Å²) in [4.78, 5) is 25.1. The number of aromatic nitrogens is 2. The summed E-state index contributed by atoms with van der Waals surface area (Å²) in [7, 11) is 0. The lowest BCUT2D eigenvalue weighted by Crippen LogP contribution is -2.30. The number of rotatable bonds is 1. The van der Waals surface area contributed by atoms with Gasteiger partial charge in [0.1, 0.15) is 11.6 Å². The Labute approximate surface area is 106 Å². The molecule has 0 atom stereocenters. The molecule has 1 N–H and O–H groups in total. The highest BCUT2D eigenvalue weighted by Crippen LogP contribution is 2.33. The fourth-order valence-corrected chi connectivity index (χ4v) is 1.78. The quantitative estimate of drug-likeness (QED) is 0.782. The van der Waals surface area contributed by atoms with Crippen LogP contribution in [0.1, 0.15) is 5.56 Å². The molecule has 0 saturated heterocycles. The molecule has 0 saturated carbocycles. The van der Waals surface area contributed by atoms with E-state index in [4.69, 9.17) is 14.7 Å². The largest absolute Gasteiger partial charge is 0.454 e. The van der Waals surface area contributed by atoms with E-state index in [1.165, 1.54) is 10.8 Å². The summed E-state index contributed by atoms with van der Waals surface area (Å²) in [6.07, 6.45) is 1.19. The van der Waals surface area contributed by atoms with Crippen LogP contribution in [0.15, 0.2) is 34.0 Å². The van der Waals surface area contributed by atoms with Crippen LogP contribution in [0.4, 0.5) is 0 Å². The van der Waals surface area contributed by atoms with Gasteiger partial charge in [-0.2, -0.15) is 5.26 Å². The summed E-state index contributed by atoms with van der Waals surface area (Å²) in [5.41, 5.74) is -0.994. The molecule has 0 aliphatic carbocycles. The van der Waals surface area contributed by atoms with Crippen LogP contribution in [0.2, 0.25) is 0 Å². The Bertz CT molecular complexity index is 813. The zero-order valence-corrected chi connectivity index (χ0v) is 9.54. The lowest BCUT2D eigenvalue weighted by Gasteiger charge is -2.06. The van der Waals surface area contributed by atoms with Gasteiger partial charge in [-0.05, 0) is 12.1 Å². The topological polar surface area (TPSA) is 97.1 Å². The number of fused-ring (bicyclic) bond motifs is 1. The van der Waals surface area contributed by atoms with Crippen molar-refractivity contribution >= 4 is 0 Å². The third kappa shape index (κ3) is 1.75. The molecule has 1 aliphatic heterocycles. The van der Waals surface area contributed by atoms with Gasteiger partial charge in [0.05, 0.1) is 5.69 Å². The van der Waals surface area contributed by atoms with Crippen LogP contribution in [0.3, 0.4) is 0 Å². The molecule has 2 heterocycles. The summed E-state index contributed by atoms with van der Waals surface area (Å²) < 4.78 is 11.5. The number of nitrogens with one attached hydrogen (secondary N) is 1. The first kappa shape index (κ1) is 11.1. The van der Waals surface area contributed by atoms with Crippen molar-refractivity contribution in [2.24, 2.45) is 0 Å². The zero-order chi connectivity index (χ0) is 13.4. The SMILES string of the molecule is N#Cc1cn(-c2ccc3c(c2)OCO3)c(=O)[nH]c1=O. The van der Waals surface area contributed by atoms with Gasteiger partial charge in [0.15, 0.2) is 11.5 Å². The highest BCUT2D eigenvalue weighted by atomic mass is 16.7. The van der Waals surface area contributed by atoms with Crippen LogP contribution in [-0.2, 0) is 0 Å². The molecule has 0 spiro atoms. The van der Waals surface area contributed by atoms with E-state index in [-0.39, 0.29) is 12.4 Å². The minimum absolute atomic E-state index is 0.128. The van der Waals surface area contributed by atoms with Crippen LogP contribution < -0.4 is 20.7 Å². The van der Waals surface area contributed by atoms with Crippen molar-refractivity contribution in [2.45, 2.75) is 0 Å². The normalized spacial score (nSPS) is 12.2. The average Bonchev–Trinajstić information content (AvgIpc) is 2.86. The molecular weight excluding hydrogens is 250 g/mol. The van der Waals surface area contributed by atoms with E-state index in [1.807, 2.05) is 0 Å². The second kappa shape index (κ2) is 4.03. The molecular formula is C12H7N3O4. The maximum absolute atomic E-state index is 11.7. The van der Waals surface area contributed by atoms with Crippen molar-refractivity contribution < 1.29 is 9.47 Å². The number of hydrogen-bond acceptors (Lipinski definition) is 5. The monoisotopic (exact) mass is 257 g/mol. The number of aromatic amines is 1. The lowest BCUT2D eigenvalue weighted by molar-refractivity contribution is 0.174. The van der Waals surface area contributed by atoms with E-state index in [2.05, 4.69) is 4.98 Å². The number of H-pyrrole nitrogens is 1. The Morgan fingerprint density at radius 2 is 2.05 bits per heavy atom. The summed E-state index contributed by atoms with van der Waals surface area (Å²) in [5.74, 6) is 1.09. The van der Waals surface area contributed by atoms with Gasteiger partial charge in [0, 0.05) is 12.3 Å². The lowest BCUT2D eigenvalue weighted by atomic mass is 10.2. The van der Waals surface area contributed by atoms with Gasteiger partial charge in [-0.15, -0.1) is 0 Å². The number of benzene rings is 1. The molecule has 7 heteroatoms. The summed E-state index contributed by atoms with van der Waals surface area (Å²) in [6, 6.07) is 6.61. The predicted molar refractivity (Wildman–Crippen MR) is 63.5 cm³/mol. The van der Waals surface area contributed by atoms with Gasteiger partial charge in [-0.25, -0.2) is 4.79 Å². The maximum atomic E-state index is 11.7. The van der Waals surface area contributed by atoms with Crippen molar-refractivity contribution in [2.75, 3.05) is 6.79 Å². The fourth-order valence-electron chi connectivity index (χ4n) is 1.78. The Morgan fingerprint density at radius 3 is 2.84 bits per heavy atom. The van der Waals surface area contributed by atoms with E-state index in [9.17, 15) is 9.59 Å². The van der Waals surface area contributed by atoms with Gasteiger partial charge < -0.3 is 9.47 Å². The van der Waals surface area contributed by atoms with Crippen LogP contribution >= 0.6 is 0 Å². The Hall–Kier alpha value is -3.01. The summed E-state index contributed by atoms with van der Waals surface area (Å²) in [5, 5.41) is 8.81. The summed E-state index contributed by atoms with van der Waals surface area (Å²) >= 11 is 0. The van der Waals surface area contributed by atoms with Gasteiger partial charge in [0.2, 0.25) is 6.79 Å². The Kier molecular flexibility index (Phi) is 2.35. The maximum Gasteiger partial charge on any atom is 0.332 e. The third-order valence-corrected chi connectivity index (χ3v) is 2.70. The van der Waals surface area contributed by atoms with Gasteiger partial charge in [-0.3, -0.25) is 14.3 Å². The molecule has 2 aromatic rings. The minimum atomic E-state index is -0.704. The average molecular weight is 257 g/mol. The van der Waals surface area contributed by atoms with Crippen molar-refractivity contribution in [3.8, 4) is 23.3 Å². The van der Waals surface area contributed by atoms with Gasteiger partial charge in [0.25, 0.3) is 5.56 Å². The number of ether oxygens (including phenoxy) is 2. The molecule has 7 nitrogen and oxygen atoms in total. The Balaban J connectivity index is 2.20. The standard InChI is InChI=1S/C12H7N3O4/c13-4-7-5-15(12(17)14-11(7)16)8-1-2-9-10(3-8)19-6-18-9/h1-3,5H,6H2,(H,14,16,17). The first-order chi connectivity index (χ1) is 9.19. The van der Waals surface area contributed by atoms with Crippen LogP contribution in [0.25, 0.3) is 5.69 Å². The Morgan fingerprint density at radius 1 is 1.26 bits per heavy atom. The highest BCUT2D eigenvalue weighted by Gasteiger charge is 2.15. The zero-order valence-electron chi connectivity index (χ0n) is 9.54. The minimum Gasteiger partial charge on any atom is -0.454 e. The predicted octanol–water partition coefficient (Wildman–Crippen LogP) is 0.126. The number of nitrogens with zero attached hydrogens (tertiary/aromatic N) is 2. The second-order valence-corrected chi connectivity index (χ2v) is 3.82. The van der Waals surface area contributed by atoms with Crippen molar-refractivity contribution in [1.82, 2.24) is 9.55 Å². The molecule has 0 fully saturated rings. The van der Waals surface area contributed by atoms with E-state index in [0.29, 0.717) is 17.2 Å². The number of nitriles is 1. The fraction of sp³-hybridized carbons (Fsp3) is 0.0833. The molecule has 0 amide bonds. The van der Waals surface area contributed by atoms with Crippen molar-refractivity contribution in [1.29, 1.82) is 5.26 Å². The molecule has 0 bridgehead atoms. The van der Waals surface area contributed by atoms with E-state index in [0.717, 1.165) is 0 Å². The molecule has 1 aliphatic rings. The number of hydrogen-bond donors (Lipinski definition) is 1. The van der Waals surface area contributed by atoms with E-state index < -0.39 is 11.2 Å². The first-order valence-electron chi connectivity index (χ1n) is 5.35. The third-order valence-electron chi connectivity index (χ3n) is 2.70. The van der Waals surface area contributed by atoms with Gasteiger partial charge in [-0.1, -0.05) is 0 Å². The van der Waals surface area contributed by atoms with Crippen LogP contribution in [0.5, 0.6) is 11.5 Å². The molecule has 19 heavy (non-hydrogen) atoms. The molecule has 1 aromatic carbocycles. The molecule has 3 rings (SSSR count). The first-order valence-corrected chi connectivity index (χ1v) is 5.35. The summed E-state index contributed by atoms with van der Waals surface area (Å²) in [6.45, 7) is 0.128. The smallest absolute Gasteiger partial charge is 0.332 e.